The molecule has 0 radical (unpaired) electrons. The lowest BCUT2D eigenvalue weighted by atomic mass is 10.0. The van der Waals surface area contributed by atoms with Crippen LogP contribution in [0, 0.1) is 12.7 Å². The molecule has 0 aliphatic heterocycles. The van der Waals surface area contributed by atoms with Gasteiger partial charge in [-0.3, -0.25) is 0 Å². The second-order valence-corrected chi connectivity index (χ2v) is 8.06. The van der Waals surface area contributed by atoms with Crippen molar-refractivity contribution in [2.45, 2.75) is 51.1 Å². The number of carbonyl (C=O) groups is 1. The summed E-state index contributed by atoms with van der Waals surface area (Å²) in [5, 5.41) is 30.5. The van der Waals surface area contributed by atoms with Crippen LogP contribution in [-0.4, -0.2) is 37.9 Å². The summed E-state index contributed by atoms with van der Waals surface area (Å²) in [6.45, 7) is 1.52. The molecule has 0 saturated carbocycles. The number of rotatable bonds is 9. The molecule has 0 bridgehead atoms. The van der Waals surface area contributed by atoms with Crippen molar-refractivity contribution in [2.24, 2.45) is 0 Å². The van der Waals surface area contributed by atoms with Crippen molar-refractivity contribution >= 4 is 5.97 Å². The maximum atomic E-state index is 14.0. The summed E-state index contributed by atoms with van der Waals surface area (Å²) in [5.74, 6) is -3.24. The van der Waals surface area contributed by atoms with E-state index >= 15 is 0 Å². The fourth-order valence-electron chi connectivity index (χ4n) is 3.69. The molecule has 0 saturated heterocycles. The highest BCUT2D eigenvalue weighted by Gasteiger charge is 2.39. The summed E-state index contributed by atoms with van der Waals surface area (Å²) in [4.78, 5) is 14.5. The van der Waals surface area contributed by atoms with Gasteiger partial charge in [0.05, 0.1) is 23.6 Å². The highest BCUT2D eigenvalue weighted by Crippen LogP contribution is 2.39. The van der Waals surface area contributed by atoms with Gasteiger partial charge in [0.25, 0.3) is 0 Å². The van der Waals surface area contributed by atoms with Crippen molar-refractivity contribution in [2.75, 3.05) is 0 Å². The maximum absolute atomic E-state index is 14.0. The minimum Gasteiger partial charge on any atom is -0.550 e. The highest BCUT2D eigenvalue weighted by molar-refractivity contribution is 5.79. The zero-order valence-electron chi connectivity index (χ0n) is 18.2. The second-order valence-electron chi connectivity index (χ2n) is 8.06. The van der Waals surface area contributed by atoms with Crippen molar-refractivity contribution in [1.29, 1.82) is 0 Å². The number of hydrogen-bond acceptors (Lipinski definition) is 5. The van der Waals surface area contributed by atoms with E-state index in [1.807, 2.05) is 6.92 Å². The number of carboxylic acid groups (broad SMARTS) is 1. The minimum atomic E-state index is -4.82. The second kappa shape index (κ2) is 10.4. The van der Waals surface area contributed by atoms with Crippen molar-refractivity contribution in [3.8, 4) is 22.5 Å². The molecule has 2 aromatic carbocycles. The molecule has 6 nitrogen and oxygen atoms in total. The molecule has 0 aliphatic carbocycles. The third kappa shape index (κ3) is 6.21. The first kappa shape index (κ1) is 25.4. The molecule has 1 aromatic heterocycles. The lowest BCUT2D eigenvalue weighted by Crippen LogP contribution is -2.30. The van der Waals surface area contributed by atoms with Gasteiger partial charge in [-0.15, -0.1) is 0 Å². The number of carboxylic acids is 1. The number of aryl methyl sites for hydroxylation is 1. The number of aliphatic carboxylic acids is 1. The largest absolute Gasteiger partial charge is 0.550 e. The molecule has 34 heavy (non-hydrogen) atoms. The van der Waals surface area contributed by atoms with Gasteiger partial charge < -0.3 is 24.7 Å². The van der Waals surface area contributed by atoms with Gasteiger partial charge in [0, 0.05) is 30.1 Å². The molecule has 3 rings (SSSR count). The lowest BCUT2D eigenvalue weighted by molar-refractivity contribution is -0.307. The molecule has 1 heterocycles. The molecule has 0 fully saturated rings. The SMILES string of the molecule is Cc1ccc(-c2c(-c3ccc(F)cc3)nc(C(F)(F)F)n2CC[C@@H](O)C[C@@H](O)CC(=O)[O-])cc1. The maximum Gasteiger partial charge on any atom is 0.449 e. The van der Waals surface area contributed by atoms with Crippen molar-refractivity contribution in [3.05, 3.63) is 65.7 Å². The zero-order valence-corrected chi connectivity index (χ0v) is 18.2. The number of aliphatic hydroxyl groups is 2. The van der Waals surface area contributed by atoms with Crippen LogP contribution in [0.2, 0.25) is 0 Å². The smallest absolute Gasteiger partial charge is 0.449 e. The molecule has 2 N–H and O–H groups in total. The van der Waals surface area contributed by atoms with Gasteiger partial charge in [0.15, 0.2) is 0 Å². The molecule has 2 atom stereocenters. The van der Waals surface area contributed by atoms with Crippen LogP contribution in [0.5, 0.6) is 0 Å². The Bertz CT molecular complexity index is 1130. The summed E-state index contributed by atoms with van der Waals surface area (Å²) in [6.07, 6.45) is -8.72. The Morgan fingerprint density at radius 3 is 2.18 bits per heavy atom. The van der Waals surface area contributed by atoms with Gasteiger partial charge in [-0.05, 0) is 44.0 Å². The van der Waals surface area contributed by atoms with Crippen molar-refractivity contribution < 1.29 is 37.7 Å². The Morgan fingerprint density at radius 1 is 1.03 bits per heavy atom. The quantitative estimate of drug-likeness (QED) is 0.459. The summed E-state index contributed by atoms with van der Waals surface area (Å²) in [7, 11) is 0. The first-order valence-electron chi connectivity index (χ1n) is 10.5. The molecule has 0 unspecified atom stereocenters. The van der Waals surface area contributed by atoms with Crippen LogP contribution >= 0.6 is 0 Å². The summed E-state index contributed by atoms with van der Waals surface area (Å²) in [5.41, 5.74) is 1.76. The van der Waals surface area contributed by atoms with Crippen LogP contribution in [0.4, 0.5) is 17.6 Å². The van der Waals surface area contributed by atoms with Crippen LogP contribution in [0.25, 0.3) is 22.5 Å². The molecule has 3 aromatic rings. The van der Waals surface area contributed by atoms with E-state index in [2.05, 4.69) is 4.98 Å². The van der Waals surface area contributed by atoms with E-state index in [0.29, 0.717) is 5.56 Å². The van der Waals surface area contributed by atoms with Gasteiger partial charge >= 0.3 is 6.18 Å². The molecule has 10 heteroatoms. The van der Waals surface area contributed by atoms with Gasteiger partial charge in [0.2, 0.25) is 5.82 Å². The number of imidazole rings is 1. The first-order valence-corrected chi connectivity index (χ1v) is 10.5. The number of nitrogens with zero attached hydrogens (tertiary/aromatic N) is 2. The minimum absolute atomic E-state index is 0.00246. The topological polar surface area (TPSA) is 98.4 Å². The number of hydrogen-bond donors (Lipinski definition) is 2. The highest BCUT2D eigenvalue weighted by atomic mass is 19.4. The molecule has 182 valence electrons. The molecule has 0 spiro atoms. The fraction of sp³-hybridized carbons (Fsp3) is 0.333. The van der Waals surface area contributed by atoms with Crippen LogP contribution in [0.3, 0.4) is 0 Å². The predicted octanol–water partition coefficient (Wildman–Crippen LogP) is 3.33. The molecular formula is C24H23F4N2O4-. The first-order chi connectivity index (χ1) is 16.0. The average Bonchev–Trinajstić information content (AvgIpc) is 3.12. The van der Waals surface area contributed by atoms with Gasteiger partial charge in [-0.1, -0.05) is 29.8 Å². The van der Waals surface area contributed by atoms with E-state index in [-0.39, 0.29) is 36.3 Å². The summed E-state index contributed by atoms with van der Waals surface area (Å²) in [6, 6.07) is 11.7. The van der Waals surface area contributed by atoms with Gasteiger partial charge in [-0.25, -0.2) is 9.37 Å². The van der Waals surface area contributed by atoms with Gasteiger partial charge in [-0.2, -0.15) is 13.2 Å². The Morgan fingerprint density at radius 2 is 1.62 bits per heavy atom. The zero-order chi connectivity index (χ0) is 25.0. The lowest BCUT2D eigenvalue weighted by Gasteiger charge is -2.19. The monoisotopic (exact) mass is 479 g/mol. The Kier molecular flexibility index (Phi) is 7.73. The van der Waals surface area contributed by atoms with E-state index in [0.717, 1.165) is 22.3 Å². The van der Waals surface area contributed by atoms with Gasteiger partial charge in [0.1, 0.15) is 5.82 Å². The van der Waals surface area contributed by atoms with E-state index in [4.69, 9.17) is 0 Å². The normalized spacial score (nSPS) is 13.6. The molecular weight excluding hydrogens is 456 g/mol. The summed E-state index contributed by atoms with van der Waals surface area (Å²) < 4.78 is 56.3. The number of alkyl halides is 3. The van der Waals surface area contributed by atoms with Crippen LogP contribution < -0.4 is 5.11 Å². The van der Waals surface area contributed by atoms with E-state index < -0.39 is 42.4 Å². The van der Waals surface area contributed by atoms with Crippen LogP contribution in [0.15, 0.2) is 48.5 Å². The molecule has 0 aliphatic rings. The number of carbonyl (C=O) groups excluding carboxylic acids is 1. The number of aromatic nitrogens is 2. The number of halogens is 4. The van der Waals surface area contributed by atoms with Crippen LogP contribution in [0.1, 0.15) is 30.7 Å². The average molecular weight is 479 g/mol. The number of benzene rings is 2. The van der Waals surface area contributed by atoms with Crippen molar-refractivity contribution in [3.63, 3.8) is 0 Å². The fourth-order valence-corrected chi connectivity index (χ4v) is 3.69. The van der Waals surface area contributed by atoms with Crippen molar-refractivity contribution in [1.82, 2.24) is 9.55 Å². The third-order valence-corrected chi connectivity index (χ3v) is 5.30. The summed E-state index contributed by atoms with van der Waals surface area (Å²) >= 11 is 0. The van der Waals surface area contributed by atoms with E-state index in [1.165, 1.54) is 12.1 Å². The number of aliphatic hydroxyl groups excluding tert-OH is 2. The van der Waals surface area contributed by atoms with E-state index in [1.54, 1.807) is 24.3 Å². The molecule has 0 amide bonds. The Balaban J connectivity index is 2.06. The Labute approximate surface area is 193 Å². The van der Waals surface area contributed by atoms with E-state index in [9.17, 15) is 37.7 Å². The van der Waals surface area contributed by atoms with Crippen LogP contribution in [-0.2, 0) is 17.5 Å². The standard InChI is InChI=1S/C24H24F4N2O4/c1-14-2-4-16(5-3-14)22-21(15-6-8-17(25)9-7-15)29-23(24(26,27)28)30(22)11-10-18(31)12-19(32)13-20(33)34/h2-9,18-19,31-32H,10-13H2,1H3,(H,33,34)/p-1/t18-,19-/m1/s1. The Hall–Kier alpha value is -3.24. The predicted molar refractivity (Wildman–Crippen MR) is 114 cm³/mol. The third-order valence-electron chi connectivity index (χ3n) is 5.30.